The van der Waals surface area contributed by atoms with E-state index in [-0.39, 0.29) is 13.2 Å². The molecule has 0 aromatic heterocycles. The summed E-state index contributed by atoms with van der Waals surface area (Å²) in [4.78, 5) is 11.2. The van der Waals surface area contributed by atoms with Gasteiger partial charge in [-0.05, 0) is 13.8 Å². The molecule has 2 rings (SSSR count). The Morgan fingerprint density at radius 1 is 1.19 bits per heavy atom. The maximum atomic E-state index is 11.2. The molecule has 0 amide bonds. The van der Waals surface area contributed by atoms with Crippen LogP contribution in [0.25, 0.3) is 0 Å². The topological polar surface area (TPSA) is 164 Å². The van der Waals surface area contributed by atoms with Gasteiger partial charge in [-0.2, -0.15) is 0 Å². The van der Waals surface area contributed by atoms with Crippen molar-refractivity contribution in [2.45, 2.75) is 75.6 Å². The molecule has 0 spiro atoms. The summed E-state index contributed by atoms with van der Waals surface area (Å²) >= 11 is 0. The minimum Gasteiger partial charge on any atom is -0.454 e. The highest BCUT2D eigenvalue weighted by atomic mass is 16.8. The molecule has 0 bridgehead atoms. The molecule has 2 saturated heterocycles. The molecule has 0 unspecified atom stereocenters. The highest BCUT2D eigenvalue weighted by molar-refractivity contribution is 5.66. The summed E-state index contributed by atoms with van der Waals surface area (Å²) in [5.41, 5.74) is 0. The van der Waals surface area contributed by atoms with Crippen molar-refractivity contribution in [2.75, 3.05) is 19.8 Å². The van der Waals surface area contributed by atoms with E-state index in [0.29, 0.717) is 0 Å². The van der Waals surface area contributed by atoms with E-state index in [9.17, 15) is 25.2 Å². The van der Waals surface area contributed by atoms with Gasteiger partial charge in [0.05, 0.1) is 19.8 Å². The van der Waals surface area contributed by atoms with E-state index >= 15 is 0 Å². The van der Waals surface area contributed by atoms with Crippen LogP contribution >= 0.6 is 0 Å². The summed E-state index contributed by atoms with van der Waals surface area (Å²) in [5.74, 6) is -1.79. The summed E-state index contributed by atoms with van der Waals surface area (Å²) in [7, 11) is 0. The highest BCUT2D eigenvalue weighted by Crippen LogP contribution is 2.32. The quantitative estimate of drug-likeness (QED) is 0.283. The van der Waals surface area contributed by atoms with E-state index in [1.54, 1.807) is 13.8 Å². The minimum absolute atomic E-state index is 0.248. The second-order valence-corrected chi connectivity index (χ2v) is 7.05. The van der Waals surface area contributed by atoms with E-state index in [0.717, 1.165) is 6.92 Å². The highest BCUT2D eigenvalue weighted by Gasteiger charge is 2.48. The summed E-state index contributed by atoms with van der Waals surface area (Å²) in [5, 5.41) is 49.1. The summed E-state index contributed by atoms with van der Waals surface area (Å²) in [6.07, 6.45) is -9.74. The molecule has 11 heteroatoms. The predicted molar refractivity (Wildman–Crippen MR) is 86.2 cm³/mol. The van der Waals surface area contributed by atoms with Crippen molar-refractivity contribution in [2.24, 2.45) is 0 Å². The third kappa shape index (κ3) is 5.56. The molecule has 2 aliphatic rings. The van der Waals surface area contributed by atoms with Crippen LogP contribution in [0.1, 0.15) is 20.8 Å². The van der Waals surface area contributed by atoms with Crippen LogP contribution in [0.3, 0.4) is 0 Å². The van der Waals surface area contributed by atoms with Gasteiger partial charge in [0, 0.05) is 6.92 Å². The molecular weight excluding hydrogens is 368 g/mol. The number of hydrogen-bond donors (Lipinski definition) is 5. The average Bonchev–Trinajstić information content (AvgIpc) is 2.92. The van der Waals surface area contributed by atoms with Gasteiger partial charge in [-0.3, -0.25) is 4.79 Å². The Morgan fingerprint density at radius 2 is 1.78 bits per heavy atom. The van der Waals surface area contributed by atoms with Crippen LogP contribution in [0.15, 0.2) is 0 Å². The lowest BCUT2D eigenvalue weighted by atomic mass is 10.0. The number of aliphatic hydroxyl groups excluding tert-OH is 5. The van der Waals surface area contributed by atoms with Crippen molar-refractivity contribution in [3.05, 3.63) is 0 Å². The summed E-state index contributed by atoms with van der Waals surface area (Å²) in [6.45, 7) is 3.11. The van der Waals surface area contributed by atoms with Crippen molar-refractivity contribution in [1.82, 2.24) is 0 Å². The molecular formula is C16H28O11. The lowest BCUT2D eigenvalue weighted by Gasteiger charge is -2.37. The van der Waals surface area contributed by atoms with Crippen LogP contribution in [0.2, 0.25) is 0 Å². The van der Waals surface area contributed by atoms with E-state index in [4.69, 9.17) is 28.8 Å². The van der Waals surface area contributed by atoms with Gasteiger partial charge in [-0.25, -0.2) is 0 Å². The molecule has 11 nitrogen and oxygen atoms in total. The monoisotopic (exact) mass is 396 g/mol. The normalized spacial score (nSPS) is 38.4. The Labute approximate surface area is 156 Å². The molecule has 27 heavy (non-hydrogen) atoms. The van der Waals surface area contributed by atoms with Crippen molar-refractivity contribution >= 4 is 5.97 Å². The maximum absolute atomic E-state index is 11.2. The van der Waals surface area contributed by atoms with Gasteiger partial charge in [0.1, 0.15) is 36.6 Å². The van der Waals surface area contributed by atoms with Gasteiger partial charge in [0.2, 0.25) is 0 Å². The predicted octanol–water partition coefficient (Wildman–Crippen LogP) is -2.75. The molecule has 0 radical (unpaired) electrons. The van der Waals surface area contributed by atoms with E-state index in [1.165, 1.54) is 0 Å². The largest absolute Gasteiger partial charge is 0.454 e. The number of carbonyl (C=O) groups is 1. The van der Waals surface area contributed by atoms with Gasteiger partial charge >= 0.3 is 5.97 Å². The molecule has 0 saturated carbocycles. The second-order valence-electron chi connectivity index (χ2n) is 7.05. The lowest BCUT2D eigenvalue weighted by Crippen LogP contribution is -2.56. The molecule has 0 aliphatic carbocycles. The Balaban J connectivity index is 2.00. The first kappa shape index (κ1) is 22.4. The van der Waals surface area contributed by atoms with Crippen molar-refractivity contribution in [3.8, 4) is 0 Å². The summed E-state index contributed by atoms with van der Waals surface area (Å²) in [6, 6.07) is 0. The molecule has 2 heterocycles. The van der Waals surface area contributed by atoms with Crippen LogP contribution in [0.5, 0.6) is 0 Å². The van der Waals surface area contributed by atoms with Gasteiger partial charge in [-0.1, -0.05) is 0 Å². The van der Waals surface area contributed by atoms with Gasteiger partial charge in [0.25, 0.3) is 0 Å². The SMILES string of the molecule is CC(=O)O[C@H]1[C@H](OC[C@@H](O)[C@H]2OC(C)(C)O[C@@H]2[C@H](O)CO)OC[C@@H](O)[C@@H]1O. The molecule has 158 valence electrons. The van der Waals surface area contributed by atoms with Crippen molar-refractivity contribution in [1.29, 1.82) is 0 Å². The van der Waals surface area contributed by atoms with Gasteiger partial charge in [-0.15, -0.1) is 0 Å². The third-order valence-electron chi connectivity index (χ3n) is 4.27. The Bertz CT molecular complexity index is 499. The van der Waals surface area contributed by atoms with Crippen LogP contribution in [0.4, 0.5) is 0 Å². The summed E-state index contributed by atoms with van der Waals surface area (Å²) < 4.78 is 26.7. The number of hydrogen-bond acceptors (Lipinski definition) is 11. The van der Waals surface area contributed by atoms with E-state index < -0.39 is 67.4 Å². The fourth-order valence-electron chi connectivity index (χ4n) is 3.03. The molecule has 5 N–H and O–H groups in total. The number of aliphatic hydroxyl groups is 5. The zero-order valence-corrected chi connectivity index (χ0v) is 15.4. The smallest absolute Gasteiger partial charge is 0.303 e. The fraction of sp³-hybridized carbons (Fsp3) is 0.938. The van der Waals surface area contributed by atoms with Crippen LogP contribution in [-0.2, 0) is 28.5 Å². The number of ether oxygens (including phenoxy) is 5. The van der Waals surface area contributed by atoms with Gasteiger partial charge in [0.15, 0.2) is 18.2 Å². The molecule has 0 aromatic rings. The average molecular weight is 396 g/mol. The number of esters is 1. The molecule has 8 atom stereocenters. The van der Waals surface area contributed by atoms with Crippen LogP contribution < -0.4 is 0 Å². The van der Waals surface area contributed by atoms with Crippen molar-refractivity contribution < 1.29 is 54.0 Å². The first-order chi connectivity index (χ1) is 12.6. The zero-order chi connectivity index (χ0) is 20.4. The fourth-order valence-corrected chi connectivity index (χ4v) is 3.03. The third-order valence-corrected chi connectivity index (χ3v) is 4.27. The minimum atomic E-state index is -1.42. The number of rotatable bonds is 7. The standard InChI is InChI=1S/C16H28O11/c1-7(18)25-14-11(22)9(20)5-23-15(14)24-6-10(21)13-12(8(19)4-17)26-16(2,3)27-13/h8-15,17,19-22H,4-6H2,1-3H3/t8-,9-,10-,11+,12-,13-,14-,15+/m1/s1. The molecule has 2 aliphatic heterocycles. The van der Waals surface area contributed by atoms with Crippen LogP contribution in [0, 0.1) is 0 Å². The van der Waals surface area contributed by atoms with E-state index in [1.807, 2.05) is 0 Å². The second kappa shape index (κ2) is 9.07. The number of carbonyl (C=O) groups excluding carboxylic acids is 1. The Morgan fingerprint density at radius 3 is 2.33 bits per heavy atom. The Kier molecular flexibility index (Phi) is 7.53. The van der Waals surface area contributed by atoms with E-state index in [2.05, 4.69) is 0 Å². The molecule has 2 fully saturated rings. The molecule has 0 aromatic carbocycles. The zero-order valence-electron chi connectivity index (χ0n) is 15.4. The van der Waals surface area contributed by atoms with Crippen molar-refractivity contribution in [3.63, 3.8) is 0 Å². The Hall–Kier alpha value is -0.890. The maximum Gasteiger partial charge on any atom is 0.303 e. The first-order valence-electron chi connectivity index (χ1n) is 8.65. The first-order valence-corrected chi connectivity index (χ1v) is 8.65. The lowest BCUT2D eigenvalue weighted by molar-refractivity contribution is -0.281. The van der Waals surface area contributed by atoms with Crippen LogP contribution in [-0.4, -0.2) is 106 Å². The van der Waals surface area contributed by atoms with Gasteiger partial charge < -0.3 is 49.2 Å².